The average molecular weight is 192 g/mol. The van der Waals surface area contributed by atoms with Gasteiger partial charge in [0.1, 0.15) is 0 Å². The van der Waals surface area contributed by atoms with E-state index >= 15 is 0 Å². The van der Waals surface area contributed by atoms with E-state index < -0.39 is 10.4 Å². The average Bonchev–Trinajstić information content (AvgIpc) is 1.36. The first kappa shape index (κ1) is 10.6. The van der Waals surface area contributed by atoms with E-state index in [-0.39, 0.29) is 0 Å². The molecule has 0 aliphatic heterocycles. The fourth-order valence-corrected chi connectivity index (χ4v) is 0. The van der Waals surface area contributed by atoms with E-state index in [4.69, 9.17) is 17.5 Å². The minimum absolute atomic E-state index is 3.35. The summed E-state index contributed by atoms with van der Waals surface area (Å²) >= 11 is 3.35. The second-order valence-electron chi connectivity index (χ2n) is 0.448. The molecular weight excluding hydrogens is 190 g/mol. The molecule has 0 heterocycles. The molecule has 0 bridgehead atoms. The summed E-state index contributed by atoms with van der Waals surface area (Å²) in [5.41, 5.74) is 0. The summed E-state index contributed by atoms with van der Waals surface area (Å²) in [6.45, 7) is 0. The van der Waals surface area contributed by atoms with E-state index in [0.29, 0.717) is 0 Å². The zero-order chi connectivity index (χ0) is 6.50. The third-order valence-corrected chi connectivity index (χ3v) is 0. The van der Waals surface area contributed by atoms with Gasteiger partial charge in [0.25, 0.3) is 0 Å². The van der Waals surface area contributed by atoms with Crippen LogP contribution < -0.4 is 0 Å². The molecule has 4 nitrogen and oxygen atoms in total. The molecule has 0 aromatic carbocycles. The predicted molar refractivity (Wildman–Crippen MR) is 20.0 cm³/mol. The van der Waals surface area contributed by atoms with Crippen molar-refractivity contribution >= 4 is 20.6 Å². The van der Waals surface area contributed by atoms with Crippen molar-refractivity contribution in [1.29, 1.82) is 0 Å². The Morgan fingerprint density at radius 2 is 1.29 bits per heavy atom. The van der Waals surface area contributed by atoms with Crippen molar-refractivity contribution in [3.8, 4) is 0 Å². The molecule has 0 radical (unpaired) electrons. The van der Waals surface area contributed by atoms with Crippen LogP contribution in [0.4, 0.5) is 0 Å². The summed E-state index contributed by atoms with van der Waals surface area (Å²) < 4.78 is 31.6. The third-order valence-electron chi connectivity index (χ3n) is 0. The van der Waals surface area contributed by atoms with Gasteiger partial charge >= 0.3 is 35.2 Å². The molecule has 0 rings (SSSR count). The predicted octanol–water partition coefficient (Wildman–Crippen LogP) is 0.0342. The van der Waals surface area contributed by atoms with E-state index in [1.165, 1.54) is 0 Å². The molecule has 0 aromatic rings. The molecule has 49 valence electrons. The fourth-order valence-electron chi connectivity index (χ4n) is 0. The Kier molecular flexibility index (Phi) is 7.27. The number of hydrogen-bond donors (Lipinski definition) is 2. The van der Waals surface area contributed by atoms with Crippen molar-refractivity contribution in [1.82, 2.24) is 0 Å². The van der Waals surface area contributed by atoms with Crippen molar-refractivity contribution in [3.05, 3.63) is 0 Å². The van der Waals surface area contributed by atoms with Crippen molar-refractivity contribution < 1.29 is 32.1 Å². The van der Waals surface area contributed by atoms with Crippen molar-refractivity contribution in [2.75, 3.05) is 0 Å². The monoisotopic (exact) mass is 191 g/mol. The SMILES string of the molecule is O=S(=O)(O)O.[Cl][Ni]. The summed E-state index contributed by atoms with van der Waals surface area (Å²) in [4.78, 5) is 0. The van der Waals surface area contributed by atoms with Crippen LogP contribution in [0.25, 0.3) is 0 Å². The van der Waals surface area contributed by atoms with Crippen molar-refractivity contribution in [2.45, 2.75) is 0 Å². The molecule has 0 saturated heterocycles. The van der Waals surface area contributed by atoms with Crippen LogP contribution in [0.3, 0.4) is 0 Å². The van der Waals surface area contributed by atoms with Gasteiger partial charge in [0.05, 0.1) is 0 Å². The first-order valence-electron chi connectivity index (χ1n) is 0.818. The molecule has 0 aliphatic carbocycles. The topological polar surface area (TPSA) is 74.6 Å². The number of hydrogen-bond acceptors (Lipinski definition) is 2. The van der Waals surface area contributed by atoms with Gasteiger partial charge in [-0.05, 0) is 0 Å². The Hall–Kier alpha value is 0.654. The van der Waals surface area contributed by atoms with Crippen LogP contribution in [0.15, 0.2) is 0 Å². The maximum absolute atomic E-state index is 8.74. The number of rotatable bonds is 0. The van der Waals surface area contributed by atoms with Gasteiger partial charge in [-0.2, -0.15) is 8.42 Å². The van der Waals surface area contributed by atoms with E-state index in [1.807, 2.05) is 0 Å². The Morgan fingerprint density at radius 3 is 1.29 bits per heavy atom. The summed E-state index contributed by atoms with van der Waals surface area (Å²) in [7, 11) is -0.403. The van der Waals surface area contributed by atoms with Gasteiger partial charge in [-0.1, -0.05) is 0 Å². The molecular formula is H2ClNiO4S. The van der Waals surface area contributed by atoms with Gasteiger partial charge in [0.2, 0.25) is 0 Å². The summed E-state index contributed by atoms with van der Waals surface area (Å²) in [6.07, 6.45) is 0. The summed E-state index contributed by atoms with van der Waals surface area (Å²) in [5, 5.41) is 0. The molecule has 7 heavy (non-hydrogen) atoms. The fraction of sp³-hybridized carbons (Fsp3) is 0. The van der Waals surface area contributed by atoms with Crippen LogP contribution in [0.1, 0.15) is 0 Å². The van der Waals surface area contributed by atoms with E-state index in [2.05, 4.69) is 24.8 Å². The van der Waals surface area contributed by atoms with Crippen LogP contribution in [-0.2, 0) is 25.0 Å². The molecule has 0 atom stereocenters. The molecule has 0 saturated carbocycles. The minimum atomic E-state index is -4.67. The van der Waals surface area contributed by atoms with Crippen LogP contribution in [0, 0.1) is 0 Å². The van der Waals surface area contributed by atoms with Gasteiger partial charge in [0, 0.05) is 0 Å². The molecule has 0 amide bonds. The van der Waals surface area contributed by atoms with Gasteiger partial charge in [-0.3, -0.25) is 9.11 Å². The zero-order valence-electron chi connectivity index (χ0n) is 2.81. The third kappa shape index (κ3) is 337. The second kappa shape index (κ2) is 4.80. The van der Waals surface area contributed by atoms with E-state index in [1.54, 1.807) is 0 Å². The van der Waals surface area contributed by atoms with Gasteiger partial charge < -0.3 is 0 Å². The first-order chi connectivity index (χ1) is 3.00. The molecule has 7 heteroatoms. The summed E-state index contributed by atoms with van der Waals surface area (Å²) in [5.74, 6) is 0. The molecule has 0 aliphatic rings. The van der Waals surface area contributed by atoms with Crippen molar-refractivity contribution in [2.24, 2.45) is 0 Å². The van der Waals surface area contributed by atoms with Crippen LogP contribution in [0.2, 0.25) is 0 Å². The zero-order valence-corrected chi connectivity index (χ0v) is 5.37. The normalized spacial score (nSPS) is 9.29. The Bertz CT molecular complexity index is 94.9. The molecule has 0 spiro atoms. The van der Waals surface area contributed by atoms with Gasteiger partial charge in [-0.25, -0.2) is 0 Å². The standard InChI is InChI=1S/ClH.Ni.H2O4S/c;;1-5(2,3)4/h1H;;(H2,1,2,3,4)/q;+1;/p-1. The van der Waals surface area contributed by atoms with Crippen LogP contribution in [0.5, 0.6) is 0 Å². The van der Waals surface area contributed by atoms with Gasteiger partial charge in [0.15, 0.2) is 0 Å². The quantitative estimate of drug-likeness (QED) is 0.419. The molecule has 0 aromatic heterocycles. The number of halogens is 1. The maximum atomic E-state index is 8.74. The van der Waals surface area contributed by atoms with Crippen molar-refractivity contribution in [3.63, 3.8) is 0 Å². The van der Waals surface area contributed by atoms with Crippen LogP contribution >= 0.6 is 10.2 Å². The van der Waals surface area contributed by atoms with E-state index in [0.717, 1.165) is 0 Å². The summed E-state index contributed by atoms with van der Waals surface area (Å²) in [6, 6.07) is 0. The Balaban J connectivity index is 0. The van der Waals surface area contributed by atoms with Crippen LogP contribution in [-0.4, -0.2) is 17.5 Å². The van der Waals surface area contributed by atoms with Gasteiger partial charge in [-0.15, -0.1) is 0 Å². The Morgan fingerprint density at radius 1 is 1.29 bits per heavy atom. The molecule has 0 unspecified atom stereocenters. The molecule has 0 fully saturated rings. The Labute approximate surface area is 53.1 Å². The van der Waals surface area contributed by atoms with E-state index in [9.17, 15) is 0 Å². The first-order valence-corrected chi connectivity index (χ1v) is 3.57. The second-order valence-corrected chi connectivity index (χ2v) is 1.34. The molecule has 2 N–H and O–H groups in total.